The lowest BCUT2D eigenvalue weighted by atomic mass is 9.98. The highest BCUT2D eigenvalue weighted by molar-refractivity contribution is 5.73. The summed E-state index contributed by atoms with van der Waals surface area (Å²) < 4.78 is 0. The number of rotatable bonds is 6. The molecule has 0 fully saturated rings. The van der Waals surface area contributed by atoms with E-state index in [4.69, 9.17) is 17.4 Å². The van der Waals surface area contributed by atoms with Gasteiger partial charge in [-0.2, -0.15) is 0 Å². The fourth-order valence-electron chi connectivity index (χ4n) is 1.31. The second-order valence-electron chi connectivity index (χ2n) is 4.02. The lowest BCUT2D eigenvalue weighted by molar-refractivity contribution is -0.138. The van der Waals surface area contributed by atoms with E-state index in [1.54, 1.807) is 6.20 Å². The number of hydrogen-bond acceptors (Lipinski definition) is 2. The molecule has 0 bridgehead atoms. The van der Waals surface area contributed by atoms with E-state index >= 15 is 0 Å². The summed E-state index contributed by atoms with van der Waals surface area (Å²) in [5.74, 6) is -0.470. The van der Waals surface area contributed by atoms with E-state index in [1.807, 2.05) is 0 Å². The minimum atomic E-state index is -0.969. The fraction of sp³-hybridized carbons (Fsp3) is 0.636. The van der Waals surface area contributed by atoms with Gasteiger partial charge in [0.25, 0.3) is 6.57 Å². The van der Waals surface area contributed by atoms with Crippen LogP contribution in [0.4, 0.5) is 0 Å². The largest absolute Gasteiger partial charge is 0.480 e. The van der Waals surface area contributed by atoms with Crippen LogP contribution in [0.1, 0.15) is 33.1 Å². The maximum Gasteiger partial charge on any atom is 0.320 e. The van der Waals surface area contributed by atoms with Crippen molar-refractivity contribution in [3.05, 3.63) is 16.6 Å². The average molecular weight is 211 g/mol. The first-order chi connectivity index (χ1) is 6.97. The Morgan fingerprint density at radius 2 is 2.20 bits per heavy atom. The zero-order chi connectivity index (χ0) is 11.8. The highest BCUT2D eigenvalue weighted by atomic mass is 16.4. The Morgan fingerprint density at radius 3 is 2.60 bits per heavy atom. The Bertz CT molecular complexity index is 277. The Balaban J connectivity index is 4.15. The summed E-state index contributed by atoms with van der Waals surface area (Å²) in [7, 11) is 0. The number of carboxylic acid groups (broad SMARTS) is 1. The molecular formula is C11H19N2O2+. The summed E-state index contributed by atoms with van der Waals surface area (Å²) in [6.07, 6.45) is 3.51. The molecule has 0 amide bonds. The van der Waals surface area contributed by atoms with Gasteiger partial charge in [0.15, 0.2) is 0 Å². The number of carboxylic acids is 1. The van der Waals surface area contributed by atoms with Crippen LogP contribution in [0.15, 0.2) is 11.8 Å². The van der Waals surface area contributed by atoms with Crippen LogP contribution < -0.4 is 5.73 Å². The van der Waals surface area contributed by atoms with E-state index in [2.05, 4.69) is 18.7 Å². The summed E-state index contributed by atoms with van der Waals surface area (Å²) in [6.45, 7) is 9.24. The highest BCUT2D eigenvalue weighted by Gasteiger charge is 2.13. The van der Waals surface area contributed by atoms with Gasteiger partial charge in [0.05, 0.1) is 0 Å². The van der Waals surface area contributed by atoms with Gasteiger partial charge in [-0.05, 0) is 30.0 Å². The monoisotopic (exact) mass is 211 g/mol. The van der Waals surface area contributed by atoms with Crippen LogP contribution >= 0.6 is 0 Å². The van der Waals surface area contributed by atoms with Crippen LogP contribution in [-0.2, 0) is 4.79 Å². The Morgan fingerprint density at radius 1 is 1.60 bits per heavy atom. The van der Waals surface area contributed by atoms with Crippen LogP contribution in [0, 0.1) is 12.5 Å². The standard InChI is InChI=1S/C11H18N2O2/c1-8(2)6-9(7-13-3)4-5-10(12)11(14)15/h3,7-8,10H,4-6,12H2,1-2H3/p+1/b9-7-. The van der Waals surface area contributed by atoms with Crippen molar-refractivity contribution in [2.45, 2.75) is 39.2 Å². The van der Waals surface area contributed by atoms with Crippen molar-refractivity contribution in [1.82, 2.24) is 0 Å². The first kappa shape index (κ1) is 13.7. The number of hydrogen-bond donors (Lipinski definition) is 2. The van der Waals surface area contributed by atoms with Crippen molar-refractivity contribution in [3.8, 4) is 6.57 Å². The minimum absolute atomic E-state index is 0.420. The first-order valence-corrected chi connectivity index (χ1v) is 5.03. The molecule has 0 spiro atoms. The molecule has 0 aromatic carbocycles. The molecule has 1 atom stereocenters. The molecule has 1 unspecified atom stereocenters. The lowest BCUT2D eigenvalue weighted by Gasteiger charge is -2.08. The zero-order valence-corrected chi connectivity index (χ0v) is 9.31. The predicted octanol–water partition coefficient (Wildman–Crippen LogP) is 2.07. The number of nitrogens with two attached hydrogens (primary N) is 1. The summed E-state index contributed by atoms with van der Waals surface area (Å²) in [4.78, 5) is 14.0. The fourth-order valence-corrected chi connectivity index (χ4v) is 1.31. The summed E-state index contributed by atoms with van der Waals surface area (Å²) in [6, 6.07) is -0.807. The normalized spacial score (nSPS) is 13.7. The molecule has 0 radical (unpaired) electrons. The maximum atomic E-state index is 10.5. The molecule has 0 aliphatic carbocycles. The van der Waals surface area contributed by atoms with Gasteiger partial charge in [-0.1, -0.05) is 13.8 Å². The summed E-state index contributed by atoms with van der Waals surface area (Å²) >= 11 is 0. The molecule has 0 aromatic heterocycles. The Kier molecular flexibility index (Phi) is 6.39. The Labute approximate surface area is 90.6 Å². The smallest absolute Gasteiger partial charge is 0.320 e. The van der Waals surface area contributed by atoms with E-state index in [1.165, 1.54) is 0 Å². The van der Waals surface area contributed by atoms with E-state index in [-0.39, 0.29) is 0 Å². The predicted molar refractivity (Wildman–Crippen MR) is 60.7 cm³/mol. The van der Waals surface area contributed by atoms with Gasteiger partial charge in [0, 0.05) is 5.57 Å². The number of nitrogens with zero attached hydrogens (tertiary/aromatic N) is 1. The molecule has 0 saturated heterocycles. The third-order valence-corrected chi connectivity index (χ3v) is 2.02. The van der Waals surface area contributed by atoms with Gasteiger partial charge in [-0.15, -0.1) is 0 Å². The van der Waals surface area contributed by atoms with Gasteiger partial charge >= 0.3 is 12.2 Å². The van der Waals surface area contributed by atoms with Gasteiger partial charge in [0.1, 0.15) is 6.04 Å². The molecule has 3 N–H and O–H groups in total. The van der Waals surface area contributed by atoms with Crippen LogP contribution in [0.3, 0.4) is 0 Å². The third-order valence-electron chi connectivity index (χ3n) is 2.02. The SMILES string of the molecule is C#[N+]/C=C(/CCC(N)C(=O)O)CC(C)C. The number of carbonyl (C=O) groups is 1. The second kappa shape index (κ2) is 7.02. The number of aliphatic carboxylic acids is 1. The molecule has 15 heavy (non-hydrogen) atoms. The van der Waals surface area contributed by atoms with Crippen LogP contribution in [0.2, 0.25) is 0 Å². The summed E-state index contributed by atoms with van der Waals surface area (Å²) in [5, 5.41) is 8.61. The van der Waals surface area contributed by atoms with Gasteiger partial charge < -0.3 is 10.8 Å². The minimum Gasteiger partial charge on any atom is -0.480 e. The second-order valence-corrected chi connectivity index (χ2v) is 4.02. The summed E-state index contributed by atoms with van der Waals surface area (Å²) in [5.41, 5.74) is 6.45. The van der Waals surface area contributed by atoms with E-state index in [9.17, 15) is 4.79 Å². The van der Waals surface area contributed by atoms with Crippen molar-refractivity contribution in [2.24, 2.45) is 11.7 Å². The van der Waals surface area contributed by atoms with E-state index in [0.717, 1.165) is 12.0 Å². The molecule has 0 heterocycles. The van der Waals surface area contributed by atoms with Crippen molar-refractivity contribution in [3.63, 3.8) is 0 Å². The van der Waals surface area contributed by atoms with E-state index < -0.39 is 12.0 Å². The van der Waals surface area contributed by atoms with Crippen molar-refractivity contribution >= 4 is 5.97 Å². The van der Waals surface area contributed by atoms with Crippen molar-refractivity contribution in [2.75, 3.05) is 0 Å². The molecule has 0 aliphatic heterocycles. The van der Waals surface area contributed by atoms with Crippen molar-refractivity contribution in [1.29, 1.82) is 0 Å². The lowest BCUT2D eigenvalue weighted by Crippen LogP contribution is -2.29. The number of allylic oxidation sites excluding steroid dienone is 1. The molecule has 4 heteroatoms. The molecule has 4 nitrogen and oxygen atoms in total. The van der Waals surface area contributed by atoms with E-state index in [0.29, 0.717) is 18.8 Å². The van der Waals surface area contributed by atoms with Crippen molar-refractivity contribution < 1.29 is 9.90 Å². The molecule has 84 valence electrons. The molecule has 0 saturated carbocycles. The van der Waals surface area contributed by atoms with Crippen LogP contribution in [0.25, 0.3) is 4.85 Å². The van der Waals surface area contributed by atoms with Gasteiger partial charge in [-0.3, -0.25) is 4.79 Å². The Hall–Kier alpha value is -1.34. The van der Waals surface area contributed by atoms with Crippen LogP contribution in [0.5, 0.6) is 0 Å². The zero-order valence-electron chi connectivity index (χ0n) is 9.31. The van der Waals surface area contributed by atoms with Gasteiger partial charge in [0.2, 0.25) is 0 Å². The topological polar surface area (TPSA) is 67.7 Å². The molecule has 0 rings (SSSR count). The molecular weight excluding hydrogens is 192 g/mol. The van der Waals surface area contributed by atoms with Gasteiger partial charge in [-0.25, -0.2) is 0 Å². The first-order valence-electron chi connectivity index (χ1n) is 5.03. The maximum absolute atomic E-state index is 10.5. The quantitative estimate of drug-likeness (QED) is 0.706. The average Bonchev–Trinajstić information content (AvgIpc) is 2.13. The van der Waals surface area contributed by atoms with Crippen LogP contribution in [-0.4, -0.2) is 17.1 Å². The highest BCUT2D eigenvalue weighted by Crippen LogP contribution is 2.17. The molecule has 0 aliphatic rings. The third kappa shape index (κ3) is 6.69. The molecule has 0 aromatic rings.